The first-order chi connectivity index (χ1) is 23.0. The Bertz CT molecular complexity index is 1790. The van der Waals surface area contributed by atoms with Gasteiger partial charge in [0.2, 0.25) is 5.91 Å². The first kappa shape index (κ1) is 36.7. The van der Waals surface area contributed by atoms with Gasteiger partial charge in [0.1, 0.15) is 22.9 Å². The number of Topliss-reactive ketones (excluding diaryl/α,β-unsaturated/α-hetero) is 1. The first-order valence-corrected chi connectivity index (χ1v) is 17.8. The topological polar surface area (TPSA) is 187 Å². The Morgan fingerprint density at radius 2 is 1.54 bits per heavy atom. The Balaban J connectivity index is 1.11. The van der Waals surface area contributed by atoms with Gasteiger partial charge >= 0.3 is 7.82 Å². The largest absolute Gasteiger partial charge is 0.508 e. The number of thiocarbonyl (C=S) groups is 1. The number of hydrogen-bond donors (Lipinski definition) is 6. The predicted molar refractivity (Wildman–Crippen MR) is 188 cm³/mol. The fourth-order valence-electron chi connectivity index (χ4n) is 5.20. The molecule has 4 rings (SSSR count). The molecule has 0 unspecified atom stereocenters. The highest BCUT2D eigenvalue weighted by molar-refractivity contribution is 7.80. The number of fused-ring (bicyclic) bond motifs is 2. The number of carbonyl (C=O) groups excluding carboxylic acids is 2. The molecule has 12 nitrogen and oxygen atoms in total. The van der Waals surface area contributed by atoms with Gasteiger partial charge in [-0.1, -0.05) is 12.1 Å². The minimum absolute atomic E-state index is 0.0156. The van der Waals surface area contributed by atoms with E-state index in [-0.39, 0.29) is 42.3 Å². The summed E-state index contributed by atoms with van der Waals surface area (Å²) in [5, 5.41) is 20.6. The van der Waals surface area contributed by atoms with Gasteiger partial charge in [0, 0.05) is 66.7 Å². The van der Waals surface area contributed by atoms with Crippen LogP contribution >= 0.6 is 20.0 Å². The molecule has 0 fully saturated rings. The minimum atomic E-state index is -4.50. The van der Waals surface area contributed by atoms with Crippen molar-refractivity contribution in [3.63, 3.8) is 0 Å². The molecule has 1 aliphatic carbocycles. The van der Waals surface area contributed by atoms with Gasteiger partial charge in [-0.15, -0.1) is 0 Å². The quantitative estimate of drug-likeness (QED) is 0.0315. The van der Waals surface area contributed by atoms with E-state index in [9.17, 15) is 24.1 Å². The molecule has 0 spiro atoms. The number of anilines is 1. The van der Waals surface area contributed by atoms with E-state index in [1.807, 2.05) is 24.3 Å². The van der Waals surface area contributed by atoms with Crippen LogP contribution in [0.25, 0.3) is 33.4 Å². The second-order valence-electron chi connectivity index (χ2n) is 11.4. The summed E-state index contributed by atoms with van der Waals surface area (Å²) in [5.74, 6) is 0.450. The normalized spacial score (nSPS) is 11.5. The van der Waals surface area contributed by atoms with Gasteiger partial charge in [-0.25, -0.2) is 4.57 Å². The van der Waals surface area contributed by atoms with Crippen molar-refractivity contribution >= 4 is 53.5 Å². The van der Waals surface area contributed by atoms with Crippen molar-refractivity contribution in [1.82, 2.24) is 10.6 Å². The number of phenols is 1. The number of phenolic OH excluding ortho intramolecular Hbond substituents is 1. The second-order valence-corrected chi connectivity index (χ2v) is 13.0. The van der Waals surface area contributed by atoms with Crippen molar-refractivity contribution in [3.05, 3.63) is 70.9 Å². The number of hydrogen-bond acceptors (Lipinski definition) is 8. The lowest BCUT2D eigenvalue weighted by Crippen LogP contribution is -2.29. The van der Waals surface area contributed by atoms with Crippen molar-refractivity contribution in [2.45, 2.75) is 57.8 Å². The molecule has 2 aromatic carbocycles. The zero-order valence-corrected chi connectivity index (χ0v) is 28.1. The van der Waals surface area contributed by atoms with Crippen LogP contribution in [0.4, 0.5) is 5.69 Å². The Morgan fingerprint density at radius 1 is 0.833 bits per heavy atom. The lowest BCUT2D eigenvalue weighted by atomic mass is 9.93. The second kappa shape index (κ2) is 17.9. The van der Waals surface area contributed by atoms with E-state index >= 15 is 0 Å². The molecule has 1 heterocycles. The summed E-state index contributed by atoms with van der Waals surface area (Å²) in [6, 6.07) is 17.4. The summed E-state index contributed by atoms with van der Waals surface area (Å²) < 4.78 is 20.8. The molecule has 0 bridgehead atoms. The molecule has 0 aromatic heterocycles. The van der Waals surface area contributed by atoms with Gasteiger partial charge in [0.25, 0.3) is 0 Å². The Kier molecular flexibility index (Phi) is 13.7. The van der Waals surface area contributed by atoms with Crippen molar-refractivity contribution in [3.8, 4) is 28.2 Å². The highest BCUT2D eigenvalue weighted by atomic mass is 32.1. The van der Waals surface area contributed by atoms with E-state index in [2.05, 4.69) is 20.5 Å². The average molecular weight is 698 g/mol. The number of rotatable bonds is 18. The zero-order chi connectivity index (χ0) is 34.5. The monoisotopic (exact) mass is 697 g/mol. The van der Waals surface area contributed by atoms with Gasteiger partial charge in [0.05, 0.1) is 6.61 Å². The molecule has 2 aromatic rings. The Labute approximate surface area is 283 Å². The predicted octanol–water partition coefficient (Wildman–Crippen LogP) is 5.86. The summed E-state index contributed by atoms with van der Waals surface area (Å²) in [4.78, 5) is 53.1. The molecule has 1 aliphatic heterocycles. The van der Waals surface area contributed by atoms with E-state index in [1.54, 1.807) is 18.2 Å². The van der Waals surface area contributed by atoms with Crippen molar-refractivity contribution in [2.24, 2.45) is 0 Å². The van der Waals surface area contributed by atoms with Crippen LogP contribution in [0.1, 0.15) is 57.8 Å². The number of unbranched alkanes of at least 4 members (excludes halogenated alkanes) is 3. The Hall–Kier alpha value is -4.13. The maximum atomic E-state index is 12.0. The highest BCUT2D eigenvalue weighted by Gasteiger charge is 2.18. The minimum Gasteiger partial charge on any atom is -0.508 e. The van der Waals surface area contributed by atoms with Gasteiger partial charge in [0.15, 0.2) is 10.5 Å². The third-order valence-corrected chi connectivity index (χ3v) is 8.30. The number of carbonyl (C=O) groups is 2. The fraction of sp³-hybridized carbons (Fsp3) is 0.353. The number of phosphoric acid groups is 1. The first-order valence-electron chi connectivity index (χ1n) is 15.8. The number of nitrogens with one attached hydrogen (secondary N) is 3. The number of benzene rings is 3. The van der Waals surface area contributed by atoms with Gasteiger partial charge in [-0.3, -0.25) is 18.9 Å². The molecule has 48 heavy (non-hydrogen) atoms. The van der Waals surface area contributed by atoms with Crippen LogP contribution in [0.5, 0.6) is 5.75 Å². The van der Waals surface area contributed by atoms with E-state index in [0.717, 1.165) is 47.0 Å². The molecule has 6 N–H and O–H groups in total. The molecule has 1 amide bonds. The molecule has 0 saturated heterocycles. The Morgan fingerprint density at radius 3 is 2.29 bits per heavy atom. The third-order valence-electron chi connectivity index (χ3n) is 7.54. The molecular formula is C34H40N3O9PS. The summed E-state index contributed by atoms with van der Waals surface area (Å²) >= 11 is 5.45. The van der Waals surface area contributed by atoms with Gasteiger partial charge in [-0.2, -0.15) is 0 Å². The maximum absolute atomic E-state index is 12.0. The van der Waals surface area contributed by atoms with E-state index in [0.29, 0.717) is 55.2 Å². The van der Waals surface area contributed by atoms with Crippen LogP contribution in [-0.2, 0) is 18.7 Å². The van der Waals surface area contributed by atoms with E-state index < -0.39 is 7.82 Å². The molecule has 2 aliphatic rings. The molecule has 256 valence electrons. The molecule has 14 heteroatoms. The van der Waals surface area contributed by atoms with Crippen LogP contribution in [0, 0.1) is 0 Å². The maximum Gasteiger partial charge on any atom is 0.469 e. The lowest BCUT2D eigenvalue weighted by molar-refractivity contribution is -0.122. The van der Waals surface area contributed by atoms with Crippen LogP contribution < -0.4 is 21.4 Å². The number of amides is 1. The van der Waals surface area contributed by atoms with Crippen LogP contribution in [0.15, 0.2) is 69.9 Å². The summed E-state index contributed by atoms with van der Waals surface area (Å²) in [6.45, 7) is 1.08. The highest BCUT2D eigenvalue weighted by Crippen LogP contribution is 2.41. The number of ketones is 1. The van der Waals surface area contributed by atoms with Crippen LogP contribution in [0.3, 0.4) is 0 Å². The van der Waals surface area contributed by atoms with Gasteiger partial charge in [-0.05, 0) is 92.7 Å². The number of phosphoric ester groups is 1. The third kappa shape index (κ3) is 11.8. The fourth-order valence-corrected chi connectivity index (χ4v) is 5.78. The SMILES string of the molecule is O=C(CCCCC(=O)NCCCCCNC(=S)Nc1ccc(-c2c3ccc(=O)cc-3oc3cc(O)ccc23)cc1)CCCOP(=O)(O)O. The summed E-state index contributed by atoms with van der Waals surface area (Å²) in [7, 11) is -4.50. The molecule has 0 saturated carbocycles. The zero-order valence-electron chi connectivity index (χ0n) is 26.4. The van der Waals surface area contributed by atoms with Gasteiger partial charge < -0.3 is 35.3 Å². The van der Waals surface area contributed by atoms with E-state index in [4.69, 9.17) is 26.4 Å². The van der Waals surface area contributed by atoms with Crippen molar-refractivity contribution in [2.75, 3.05) is 25.0 Å². The smallest absolute Gasteiger partial charge is 0.469 e. The standard InChI is InChI=1S/C34H40N3O9PS/c38-25(8-6-20-45-47(42,43)44)7-2-3-9-32(41)35-18-4-1-5-19-36-34(48)37-24-12-10-23(11-13-24)33-28-16-14-26(39)21-30(28)46-31-22-27(40)15-17-29(31)33/h10-17,21-22,39H,1-9,18-20H2,(H,35,41)(H2,36,37,48)(H2,42,43,44). The summed E-state index contributed by atoms with van der Waals surface area (Å²) in [6.07, 6.45) is 4.91. The van der Waals surface area contributed by atoms with Crippen LogP contribution in [-0.4, -0.2) is 51.4 Å². The van der Waals surface area contributed by atoms with Crippen molar-refractivity contribution < 1.29 is 38.0 Å². The van der Waals surface area contributed by atoms with Crippen LogP contribution in [0.2, 0.25) is 0 Å². The lowest BCUT2D eigenvalue weighted by Gasteiger charge is -2.16. The molecule has 0 atom stereocenters. The summed E-state index contributed by atoms with van der Waals surface area (Å²) in [5.41, 5.74) is 3.73. The molecular weight excluding hydrogens is 657 g/mol. The number of aromatic hydroxyl groups is 1. The molecule has 0 radical (unpaired) electrons. The van der Waals surface area contributed by atoms with E-state index in [1.165, 1.54) is 18.2 Å². The average Bonchev–Trinajstić information content (AvgIpc) is 3.03. The van der Waals surface area contributed by atoms with Crippen molar-refractivity contribution in [1.29, 1.82) is 0 Å².